The molecule has 0 amide bonds. The summed E-state index contributed by atoms with van der Waals surface area (Å²) in [5, 5.41) is 28.7. The predicted molar refractivity (Wildman–Crippen MR) is 68.2 cm³/mol. The summed E-state index contributed by atoms with van der Waals surface area (Å²) >= 11 is 0. The van der Waals surface area contributed by atoms with Gasteiger partial charge in [-0.3, -0.25) is 14.3 Å². The van der Waals surface area contributed by atoms with Gasteiger partial charge in [0.25, 0.3) is 15.7 Å². The van der Waals surface area contributed by atoms with E-state index in [1.807, 2.05) is 0 Å². The maximum atomic E-state index is 11.8. The molecule has 9 heteroatoms. The van der Waals surface area contributed by atoms with Crippen LogP contribution in [-0.4, -0.2) is 48.9 Å². The first-order valence-electron chi connectivity index (χ1n) is 5.60. The Labute approximate surface area is 115 Å². The average molecular weight is 305 g/mol. The zero-order valence-corrected chi connectivity index (χ0v) is 11.5. The Morgan fingerprint density at radius 1 is 1.25 bits per heavy atom. The maximum Gasteiger partial charge on any atom is 0.297 e. The molecule has 0 aliphatic rings. The summed E-state index contributed by atoms with van der Waals surface area (Å²) in [4.78, 5) is 9.68. The number of aryl methyl sites for hydroxylation is 1. The van der Waals surface area contributed by atoms with Crippen LogP contribution in [0.2, 0.25) is 0 Å². The van der Waals surface area contributed by atoms with E-state index in [1.165, 1.54) is 12.1 Å². The summed E-state index contributed by atoms with van der Waals surface area (Å²) in [6.07, 6.45) is 0. The third kappa shape index (κ3) is 3.51. The van der Waals surface area contributed by atoms with Crippen LogP contribution < -0.4 is 0 Å². The summed E-state index contributed by atoms with van der Waals surface area (Å²) in [6, 6.07) is 5.71. The van der Waals surface area contributed by atoms with E-state index in [9.17, 15) is 18.5 Å². The van der Waals surface area contributed by atoms with Crippen molar-refractivity contribution in [3.63, 3.8) is 0 Å². The Morgan fingerprint density at radius 2 is 1.75 bits per heavy atom. The maximum absolute atomic E-state index is 11.8. The fourth-order valence-corrected chi connectivity index (χ4v) is 2.25. The SMILES string of the molecule is Cc1ccc(S(=O)(=O)OCC(CO)(CO)[N+](=O)[O-])cc1. The minimum Gasteiger partial charge on any atom is -0.389 e. The molecule has 0 unspecified atom stereocenters. The minimum absolute atomic E-state index is 0.156. The predicted octanol–water partition coefficient (Wildman–Crippen LogP) is -0.300. The largest absolute Gasteiger partial charge is 0.389 e. The number of hydrogen-bond acceptors (Lipinski definition) is 7. The molecule has 0 saturated heterocycles. The fraction of sp³-hybridized carbons (Fsp3) is 0.455. The number of aliphatic hydroxyl groups excluding tert-OH is 2. The molecule has 112 valence electrons. The number of nitro groups is 1. The molecule has 0 atom stereocenters. The lowest BCUT2D eigenvalue weighted by Gasteiger charge is -2.20. The van der Waals surface area contributed by atoms with Crippen LogP contribution in [0.5, 0.6) is 0 Å². The van der Waals surface area contributed by atoms with Crippen molar-refractivity contribution in [3.8, 4) is 0 Å². The molecular weight excluding hydrogens is 290 g/mol. The summed E-state index contributed by atoms with van der Waals surface area (Å²) in [5.74, 6) is 0. The van der Waals surface area contributed by atoms with Crippen LogP contribution in [0.1, 0.15) is 5.56 Å². The quantitative estimate of drug-likeness (QED) is 0.402. The molecule has 0 saturated carbocycles. The van der Waals surface area contributed by atoms with Crippen molar-refractivity contribution in [2.75, 3.05) is 19.8 Å². The van der Waals surface area contributed by atoms with Crippen LogP contribution in [0.4, 0.5) is 0 Å². The zero-order chi connectivity index (χ0) is 15.4. The molecule has 1 rings (SSSR count). The molecule has 0 aliphatic carbocycles. The highest BCUT2D eigenvalue weighted by atomic mass is 32.2. The molecule has 0 radical (unpaired) electrons. The Balaban J connectivity index is 2.92. The van der Waals surface area contributed by atoms with Crippen molar-refractivity contribution in [2.45, 2.75) is 17.4 Å². The first-order valence-corrected chi connectivity index (χ1v) is 7.00. The van der Waals surface area contributed by atoms with Crippen LogP contribution in [0.25, 0.3) is 0 Å². The number of benzene rings is 1. The molecule has 2 N–H and O–H groups in total. The van der Waals surface area contributed by atoms with Crippen LogP contribution >= 0.6 is 0 Å². The van der Waals surface area contributed by atoms with E-state index in [0.717, 1.165) is 5.56 Å². The second-order valence-electron chi connectivity index (χ2n) is 4.33. The summed E-state index contributed by atoms with van der Waals surface area (Å²) in [6.45, 7) is -1.27. The van der Waals surface area contributed by atoms with Gasteiger partial charge >= 0.3 is 0 Å². The normalized spacial score (nSPS) is 12.3. The smallest absolute Gasteiger partial charge is 0.297 e. The number of rotatable bonds is 7. The Bertz CT molecular complexity index is 563. The van der Waals surface area contributed by atoms with Gasteiger partial charge in [-0.2, -0.15) is 8.42 Å². The Kier molecular flexibility index (Phi) is 5.17. The van der Waals surface area contributed by atoms with Crippen molar-refractivity contribution in [3.05, 3.63) is 39.9 Å². The third-order valence-electron chi connectivity index (χ3n) is 2.77. The van der Waals surface area contributed by atoms with Crippen LogP contribution in [0.3, 0.4) is 0 Å². The van der Waals surface area contributed by atoms with Crippen molar-refractivity contribution >= 4 is 10.1 Å². The minimum atomic E-state index is -4.19. The molecule has 0 heterocycles. The van der Waals surface area contributed by atoms with Crippen LogP contribution in [0, 0.1) is 17.0 Å². The summed E-state index contributed by atoms with van der Waals surface area (Å²) in [7, 11) is -4.19. The molecule has 0 aliphatic heterocycles. The number of hydrogen-bond donors (Lipinski definition) is 2. The van der Waals surface area contributed by atoms with Gasteiger partial charge in [0.15, 0.2) is 0 Å². The first-order chi connectivity index (χ1) is 9.27. The lowest BCUT2D eigenvalue weighted by atomic mass is 10.1. The summed E-state index contributed by atoms with van der Waals surface area (Å²) in [5.41, 5.74) is -1.41. The zero-order valence-electron chi connectivity index (χ0n) is 10.7. The molecule has 0 spiro atoms. The van der Waals surface area contributed by atoms with E-state index in [0.29, 0.717) is 0 Å². The van der Waals surface area contributed by atoms with Crippen molar-refractivity contribution < 1.29 is 27.7 Å². The van der Waals surface area contributed by atoms with Crippen molar-refractivity contribution in [1.29, 1.82) is 0 Å². The van der Waals surface area contributed by atoms with Gasteiger partial charge in [0.05, 0.1) is 4.90 Å². The highest BCUT2D eigenvalue weighted by Gasteiger charge is 2.44. The lowest BCUT2D eigenvalue weighted by Crippen LogP contribution is -2.50. The van der Waals surface area contributed by atoms with Gasteiger partial charge in [0, 0.05) is 4.92 Å². The van der Waals surface area contributed by atoms with Crippen LogP contribution in [0.15, 0.2) is 29.2 Å². The van der Waals surface area contributed by atoms with E-state index in [1.54, 1.807) is 19.1 Å². The Morgan fingerprint density at radius 3 is 2.15 bits per heavy atom. The summed E-state index contributed by atoms with van der Waals surface area (Å²) < 4.78 is 28.2. The molecule has 1 aromatic carbocycles. The highest BCUT2D eigenvalue weighted by molar-refractivity contribution is 7.86. The molecular formula is C11H15NO7S. The molecule has 0 aromatic heterocycles. The number of aliphatic hydroxyl groups is 2. The number of nitrogens with zero attached hydrogens (tertiary/aromatic N) is 1. The molecule has 20 heavy (non-hydrogen) atoms. The van der Waals surface area contributed by atoms with Gasteiger partial charge < -0.3 is 10.2 Å². The fourth-order valence-electron chi connectivity index (χ4n) is 1.27. The monoisotopic (exact) mass is 305 g/mol. The first kappa shape index (κ1) is 16.5. The molecule has 0 bridgehead atoms. The van der Waals surface area contributed by atoms with E-state index in [-0.39, 0.29) is 4.90 Å². The van der Waals surface area contributed by atoms with E-state index in [4.69, 9.17) is 10.2 Å². The lowest BCUT2D eigenvalue weighted by molar-refractivity contribution is -0.579. The average Bonchev–Trinajstić information content (AvgIpc) is 2.40. The van der Waals surface area contributed by atoms with Crippen molar-refractivity contribution in [1.82, 2.24) is 0 Å². The molecule has 1 aromatic rings. The van der Waals surface area contributed by atoms with Gasteiger partial charge in [-0.15, -0.1) is 0 Å². The third-order valence-corrected chi connectivity index (χ3v) is 4.05. The molecule has 8 nitrogen and oxygen atoms in total. The standard InChI is InChI=1S/C11H15NO7S/c1-9-2-4-10(5-3-9)20(17,18)19-8-11(6-13,7-14)12(15)16/h2-5,13-14H,6-8H2,1H3. The second kappa shape index (κ2) is 6.27. The highest BCUT2D eigenvalue weighted by Crippen LogP contribution is 2.17. The van der Waals surface area contributed by atoms with E-state index < -0.39 is 40.4 Å². The van der Waals surface area contributed by atoms with Gasteiger partial charge in [-0.1, -0.05) is 17.7 Å². The Hall–Kier alpha value is -1.55. The van der Waals surface area contributed by atoms with Crippen LogP contribution in [-0.2, 0) is 14.3 Å². The van der Waals surface area contributed by atoms with Gasteiger partial charge in [-0.25, -0.2) is 0 Å². The van der Waals surface area contributed by atoms with Gasteiger partial charge in [-0.05, 0) is 19.1 Å². The molecule has 0 fully saturated rings. The van der Waals surface area contributed by atoms with Crippen molar-refractivity contribution in [2.24, 2.45) is 0 Å². The van der Waals surface area contributed by atoms with E-state index >= 15 is 0 Å². The van der Waals surface area contributed by atoms with Gasteiger partial charge in [0.1, 0.15) is 19.8 Å². The second-order valence-corrected chi connectivity index (χ2v) is 5.94. The van der Waals surface area contributed by atoms with Gasteiger partial charge in [0.2, 0.25) is 0 Å². The van der Waals surface area contributed by atoms with E-state index in [2.05, 4.69) is 4.18 Å². The topological polar surface area (TPSA) is 127 Å².